The van der Waals surface area contributed by atoms with Gasteiger partial charge < -0.3 is 9.84 Å². The lowest BCUT2D eigenvalue weighted by Crippen LogP contribution is -2.61. The van der Waals surface area contributed by atoms with Crippen LogP contribution in [-0.2, 0) is 26.2 Å². The van der Waals surface area contributed by atoms with Gasteiger partial charge in [0, 0.05) is 18.6 Å². The molecule has 15 heteroatoms. The minimum Gasteiger partial charge on any atom is -0.477 e. The van der Waals surface area contributed by atoms with Crippen LogP contribution in [0.15, 0.2) is 15.1 Å². The Bertz CT molecular complexity index is 904. The van der Waals surface area contributed by atoms with Gasteiger partial charge >= 0.3 is 11.9 Å². The lowest BCUT2D eigenvalue weighted by atomic mass is 9.92. The Morgan fingerprint density at radius 1 is 1.33 bits per heavy atom. The summed E-state index contributed by atoms with van der Waals surface area (Å²) in [5, 5.41) is 21.6. The van der Waals surface area contributed by atoms with Crippen LogP contribution in [0.3, 0.4) is 0 Å². The quantitative estimate of drug-likeness (QED) is 0.236. The van der Waals surface area contributed by atoms with Crippen LogP contribution >= 0.6 is 58.8 Å². The fourth-order valence-electron chi connectivity index (χ4n) is 3.12. The molecule has 1 amide bonds. The Morgan fingerprint density at radius 3 is 2.70 bits per heavy atom. The van der Waals surface area contributed by atoms with Crippen LogP contribution < -0.4 is 0 Å². The molecular formula is C15H17N5O5S5. The van der Waals surface area contributed by atoms with E-state index in [1.54, 1.807) is 37.5 Å². The second-order valence-electron chi connectivity index (χ2n) is 6.39. The van der Waals surface area contributed by atoms with E-state index in [4.69, 9.17) is 4.74 Å². The van der Waals surface area contributed by atoms with Gasteiger partial charge in [0.1, 0.15) is 22.0 Å². The first-order valence-corrected chi connectivity index (χ1v) is 13.7. The second kappa shape index (κ2) is 9.22. The number of aliphatic carboxylic acids is 1. The Kier molecular flexibility index (Phi) is 6.82. The van der Waals surface area contributed by atoms with Gasteiger partial charge in [-0.2, -0.15) is 0 Å². The van der Waals surface area contributed by atoms with Gasteiger partial charge in [-0.3, -0.25) is 9.69 Å². The van der Waals surface area contributed by atoms with E-state index in [2.05, 4.69) is 15.5 Å². The summed E-state index contributed by atoms with van der Waals surface area (Å²) in [5.74, 6) is -0.534. The van der Waals surface area contributed by atoms with E-state index in [1.807, 2.05) is 0 Å². The predicted octanol–water partition coefficient (Wildman–Crippen LogP) is 1.52. The summed E-state index contributed by atoms with van der Waals surface area (Å²) in [4.78, 5) is 38.1. The van der Waals surface area contributed by atoms with Crippen molar-refractivity contribution in [2.45, 2.75) is 28.1 Å². The molecule has 0 aliphatic carbocycles. The average Bonchev–Trinajstić information content (AvgIpc) is 3.41. The second-order valence-corrected chi connectivity index (χ2v) is 12.8. The van der Waals surface area contributed by atoms with Crippen LogP contribution in [0.25, 0.3) is 0 Å². The van der Waals surface area contributed by atoms with E-state index >= 15 is 0 Å². The third-order valence-corrected chi connectivity index (χ3v) is 11.3. The van der Waals surface area contributed by atoms with Crippen molar-refractivity contribution in [3.63, 3.8) is 0 Å². The smallest absolute Gasteiger partial charge is 0.354 e. The summed E-state index contributed by atoms with van der Waals surface area (Å²) in [7, 11) is 1.72. The fourth-order valence-corrected chi connectivity index (χ4v) is 9.71. The lowest BCUT2D eigenvalue weighted by molar-refractivity contribution is -0.165. The van der Waals surface area contributed by atoms with Crippen molar-refractivity contribution in [3.8, 4) is 0 Å². The summed E-state index contributed by atoms with van der Waals surface area (Å²) >= 11 is 7.13. The van der Waals surface area contributed by atoms with Crippen LogP contribution in [0.5, 0.6) is 0 Å². The number of hydrogen-bond acceptors (Lipinski definition) is 12. The van der Waals surface area contributed by atoms with Crippen molar-refractivity contribution < 1.29 is 24.2 Å². The first kappa shape index (κ1) is 22.2. The molecule has 0 aromatic carbocycles. The van der Waals surface area contributed by atoms with Gasteiger partial charge in [0.05, 0.1) is 9.32 Å². The standard InChI is InChI=1S/C15H17N5O5S5/c1-6(25-12(24)14-26-3-4-27-14)7-9(21)20-8(11(22)23)13(30-10(7)20)28-5-29-15-16-17-18-19(15)2/h6-7,10,14H,3-5H2,1-2H3,(H,22,23)/t6?,7-,10+/m0/s1. The molecule has 0 saturated carbocycles. The topological polar surface area (TPSA) is 128 Å². The summed E-state index contributed by atoms with van der Waals surface area (Å²) in [6.45, 7) is 1.70. The van der Waals surface area contributed by atoms with Crippen LogP contribution in [0.1, 0.15) is 6.92 Å². The number of hydrogen-bond donors (Lipinski definition) is 1. The van der Waals surface area contributed by atoms with E-state index in [1.165, 1.54) is 44.9 Å². The van der Waals surface area contributed by atoms with Crippen molar-refractivity contribution in [2.75, 3.05) is 16.6 Å². The highest BCUT2D eigenvalue weighted by Crippen LogP contribution is 2.54. The molecule has 0 bridgehead atoms. The number of esters is 1. The van der Waals surface area contributed by atoms with E-state index in [0.29, 0.717) is 14.5 Å². The number of β-lactam (4-membered cyclic amide) rings is 1. The molecule has 1 N–H and O–H groups in total. The first-order chi connectivity index (χ1) is 14.4. The zero-order valence-electron chi connectivity index (χ0n) is 15.8. The van der Waals surface area contributed by atoms with E-state index in [-0.39, 0.29) is 27.5 Å². The van der Waals surface area contributed by atoms with E-state index in [9.17, 15) is 19.5 Å². The molecule has 30 heavy (non-hydrogen) atoms. The van der Waals surface area contributed by atoms with E-state index in [0.717, 1.165) is 11.5 Å². The summed E-state index contributed by atoms with van der Waals surface area (Å²) in [6.07, 6.45) is -0.612. The van der Waals surface area contributed by atoms with Gasteiger partial charge in [0.15, 0.2) is 5.70 Å². The molecule has 3 atom stereocenters. The number of aromatic nitrogens is 4. The highest BCUT2D eigenvalue weighted by molar-refractivity contribution is 8.27. The van der Waals surface area contributed by atoms with Crippen LogP contribution in [0.4, 0.5) is 0 Å². The number of nitrogens with zero attached hydrogens (tertiary/aromatic N) is 5. The number of carboxylic acids is 1. The maximum Gasteiger partial charge on any atom is 0.354 e. The van der Waals surface area contributed by atoms with E-state index < -0.39 is 18.0 Å². The van der Waals surface area contributed by atoms with Gasteiger partial charge in [0.25, 0.3) is 0 Å². The molecule has 4 heterocycles. The number of fused-ring (bicyclic) bond motifs is 1. The Labute approximate surface area is 193 Å². The largest absolute Gasteiger partial charge is 0.477 e. The van der Waals surface area contributed by atoms with Crippen molar-refractivity contribution in [1.29, 1.82) is 0 Å². The number of rotatable bonds is 8. The normalized spacial score (nSPS) is 24.7. The number of carbonyl (C=O) groups is 3. The molecule has 0 spiro atoms. The molecule has 1 aromatic heterocycles. The summed E-state index contributed by atoms with van der Waals surface area (Å²) in [6, 6.07) is 0. The van der Waals surface area contributed by atoms with Gasteiger partial charge in [-0.05, 0) is 17.4 Å². The molecule has 2 saturated heterocycles. The van der Waals surface area contributed by atoms with Crippen molar-refractivity contribution in [3.05, 3.63) is 9.93 Å². The average molecular weight is 508 g/mol. The molecule has 162 valence electrons. The number of ether oxygens (including phenoxy) is 1. The minimum absolute atomic E-state index is 0.00614. The zero-order valence-corrected chi connectivity index (χ0v) is 19.9. The number of thioether (sulfide) groups is 5. The number of aryl methyl sites for hydroxylation is 1. The third-order valence-electron chi connectivity index (χ3n) is 4.53. The number of carboxylic acid groups (broad SMARTS) is 1. The molecular weight excluding hydrogens is 491 g/mol. The third kappa shape index (κ3) is 4.18. The van der Waals surface area contributed by atoms with Crippen molar-refractivity contribution in [2.24, 2.45) is 13.0 Å². The Hall–Kier alpha value is -1.03. The maximum atomic E-state index is 12.7. The Morgan fingerprint density at radius 2 is 2.07 bits per heavy atom. The molecule has 0 radical (unpaired) electrons. The molecule has 10 nitrogen and oxygen atoms in total. The molecule has 2 fully saturated rings. The molecule has 3 aliphatic heterocycles. The van der Waals surface area contributed by atoms with Crippen molar-refractivity contribution >= 4 is 76.7 Å². The fraction of sp³-hybridized carbons (Fsp3) is 0.600. The SMILES string of the molecule is CC(OC(=O)C1SCCS1)[C@H]1C(=O)N2C(C(=O)O)=C(SCSc3nnnn3C)S[C@H]12. The first-order valence-electron chi connectivity index (χ1n) is 8.77. The van der Waals surface area contributed by atoms with Gasteiger partial charge in [0.2, 0.25) is 11.1 Å². The van der Waals surface area contributed by atoms with Crippen LogP contribution in [0.2, 0.25) is 0 Å². The molecule has 4 rings (SSSR count). The molecule has 3 aliphatic rings. The Balaban J connectivity index is 1.39. The summed E-state index contributed by atoms with van der Waals surface area (Å²) in [5.41, 5.74) is -0.00614. The molecule has 1 unspecified atom stereocenters. The maximum absolute atomic E-state index is 12.7. The van der Waals surface area contributed by atoms with Gasteiger partial charge in [-0.15, -0.1) is 40.4 Å². The van der Waals surface area contributed by atoms with Gasteiger partial charge in [-0.25, -0.2) is 14.3 Å². The van der Waals surface area contributed by atoms with Crippen LogP contribution in [0, 0.1) is 5.92 Å². The highest BCUT2D eigenvalue weighted by Gasteiger charge is 2.59. The predicted molar refractivity (Wildman–Crippen MR) is 118 cm³/mol. The molecule has 1 aromatic rings. The lowest BCUT2D eigenvalue weighted by Gasteiger charge is -2.44. The number of tetrazole rings is 1. The summed E-state index contributed by atoms with van der Waals surface area (Å²) < 4.78 is 7.39. The zero-order chi connectivity index (χ0) is 21.4. The van der Waals surface area contributed by atoms with Crippen LogP contribution in [-0.4, -0.2) is 80.7 Å². The highest BCUT2D eigenvalue weighted by atomic mass is 32.2. The minimum atomic E-state index is -1.15. The van der Waals surface area contributed by atoms with Gasteiger partial charge in [-0.1, -0.05) is 23.5 Å². The van der Waals surface area contributed by atoms with Crippen molar-refractivity contribution in [1.82, 2.24) is 25.1 Å². The number of amides is 1. The number of carbonyl (C=O) groups excluding carboxylic acids is 2. The monoisotopic (exact) mass is 507 g/mol.